The highest BCUT2D eigenvalue weighted by Crippen LogP contribution is 2.27. The summed E-state index contributed by atoms with van der Waals surface area (Å²) in [5.41, 5.74) is 10.0. The normalized spacial score (nSPS) is 12.4. The Morgan fingerprint density at radius 3 is 2.85 bits per heavy atom. The van der Waals surface area contributed by atoms with E-state index >= 15 is 0 Å². The van der Waals surface area contributed by atoms with Gasteiger partial charge in [0.15, 0.2) is 0 Å². The minimum Gasteiger partial charge on any atom is -0.492 e. The summed E-state index contributed by atoms with van der Waals surface area (Å²) < 4.78 is 6.81. The average Bonchev–Trinajstić information content (AvgIpc) is 2.77. The van der Waals surface area contributed by atoms with Gasteiger partial charge in [0, 0.05) is 17.3 Å². The van der Waals surface area contributed by atoms with Gasteiger partial charge in [0.25, 0.3) is 0 Å². The molecular formula is C15H19BrN2OS. The second kappa shape index (κ2) is 7.20. The van der Waals surface area contributed by atoms with Crippen molar-refractivity contribution in [3.8, 4) is 5.75 Å². The fourth-order valence-electron chi connectivity index (χ4n) is 1.98. The van der Waals surface area contributed by atoms with Crippen LogP contribution in [0.5, 0.6) is 5.75 Å². The smallest absolute Gasteiger partial charge is 0.133 e. The van der Waals surface area contributed by atoms with E-state index < -0.39 is 0 Å². The van der Waals surface area contributed by atoms with E-state index in [4.69, 9.17) is 10.5 Å². The molecule has 2 N–H and O–H groups in total. The summed E-state index contributed by atoms with van der Waals surface area (Å²) in [6.07, 6.45) is 1.77. The van der Waals surface area contributed by atoms with Gasteiger partial charge in [-0.15, -0.1) is 11.3 Å². The zero-order valence-corrected chi connectivity index (χ0v) is 14.1. The molecule has 108 valence electrons. The zero-order valence-electron chi connectivity index (χ0n) is 11.7. The van der Waals surface area contributed by atoms with Crippen LogP contribution in [0.2, 0.25) is 0 Å². The summed E-state index contributed by atoms with van der Waals surface area (Å²) in [6.45, 7) is 4.70. The van der Waals surface area contributed by atoms with E-state index in [9.17, 15) is 0 Å². The Bertz CT molecular complexity index is 569. The molecule has 1 aromatic carbocycles. The van der Waals surface area contributed by atoms with Crippen molar-refractivity contribution >= 4 is 27.3 Å². The van der Waals surface area contributed by atoms with Crippen LogP contribution in [0, 0.1) is 6.92 Å². The fourth-order valence-corrected chi connectivity index (χ4v) is 3.28. The number of benzene rings is 1. The van der Waals surface area contributed by atoms with Gasteiger partial charge in [-0.2, -0.15) is 0 Å². The predicted molar refractivity (Wildman–Crippen MR) is 87.5 cm³/mol. The maximum atomic E-state index is 5.83. The van der Waals surface area contributed by atoms with Crippen LogP contribution < -0.4 is 10.5 Å². The molecule has 1 aromatic heterocycles. The molecule has 0 saturated heterocycles. The molecule has 0 amide bonds. The van der Waals surface area contributed by atoms with Crippen molar-refractivity contribution < 1.29 is 4.74 Å². The third kappa shape index (κ3) is 4.30. The van der Waals surface area contributed by atoms with Crippen molar-refractivity contribution in [2.45, 2.75) is 32.7 Å². The summed E-state index contributed by atoms with van der Waals surface area (Å²) in [7, 11) is 0. The van der Waals surface area contributed by atoms with Crippen molar-refractivity contribution in [3.63, 3.8) is 0 Å². The van der Waals surface area contributed by atoms with Gasteiger partial charge in [-0.1, -0.05) is 6.07 Å². The van der Waals surface area contributed by atoms with E-state index in [0.29, 0.717) is 6.61 Å². The Labute approximate surface area is 132 Å². The number of aromatic nitrogens is 1. The lowest BCUT2D eigenvalue weighted by Crippen LogP contribution is -2.17. The minimum atomic E-state index is 0.169. The van der Waals surface area contributed by atoms with Gasteiger partial charge in [-0.3, -0.25) is 0 Å². The first-order chi connectivity index (χ1) is 9.56. The van der Waals surface area contributed by atoms with Gasteiger partial charge < -0.3 is 10.5 Å². The third-order valence-corrected chi connectivity index (χ3v) is 4.60. The second-order valence-electron chi connectivity index (χ2n) is 4.91. The van der Waals surface area contributed by atoms with Crippen LogP contribution in [0.4, 0.5) is 0 Å². The van der Waals surface area contributed by atoms with Crippen molar-refractivity contribution in [2.24, 2.45) is 5.73 Å². The maximum absolute atomic E-state index is 5.83. The molecule has 0 saturated carbocycles. The molecule has 2 aromatic rings. The summed E-state index contributed by atoms with van der Waals surface area (Å²) in [6, 6.07) is 6.32. The Morgan fingerprint density at radius 2 is 2.25 bits per heavy atom. The highest BCUT2D eigenvalue weighted by molar-refractivity contribution is 9.10. The highest BCUT2D eigenvalue weighted by Gasteiger charge is 2.06. The van der Waals surface area contributed by atoms with E-state index in [-0.39, 0.29) is 6.04 Å². The zero-order chi connectivity index (χ0) is 14.5. The van der Waals surface area contributed by atoms with Crippen molar-refractivity contribution in [1.29, 1.82) is 0 Å². The van der Waals surface area contributed by atoms with Crippen LogP contribution in [0.3, 0.4) is 0 Å². The molecule has 20 heavy (non-hydrogen) atoms. The molecule has 5 heteroatoms. The van der Waals surface area contributed by atoms with Gasteiger partial charge in [-0.25, -0.2) is 4.98 Å². The first kappa shape index (κ1) is 15.5. The number of halogens is 1. The molecule has 0 radical (unpaired) electrons. The van der Waals surface area contributed by atoms with Gasteiger partial charge in [-0.05, 0) is 53.9 Å². The van der Waals surface area contributed by atoms with E-state index in [0.717, 1.165) is 28.8 Å². The summed E-state index contributed by atoms with van der Waals surface area (Å²) in [5.74, 6) is 0.876. The molecule has 0 bridgehead atoms. The van der Waals surface area contributed by atoms with Crippen molar-refractivity contribution in [3.05, 3.63) is 44.3 Å². The molecule has 2 rings (SSSR count). The fraction of sp³-hybridized carbons (Fsp3) is 0.400. The number of hydrogen-bond acceptors (Lipinski definition) is 4. The highest BCUT2D eigenvalue weighted by atomic mass is 79.9. The second-order valence-corrected chi connectivity index (χ2v) is 6.70. The summed E-state index contributed by atoms with van der Waals surface area (Å²) in [5, 5.41) is 0. The Morgan fingerprint density at radius 1 is 1.45 bits per heavy atom. The molecule has 1 unspecified atom stereocenters. The van der Waals surface area contributed by atoms with E-state index in [1.807, 2.05) is 25.4 Å². The lowest BCUT2D eigenvalue weighted by atomic mass is 10.1. The lowest BCUT2D eigenvalue weighted by molar-refractivity contribution is 0.320. The van der Waals surface area contributed by atoms with Gasteiger partial charge in [0.05, 0.1) is 22.3 Å². The van der Waals surface area contributed by atoms with Crippen LogP contribution in [0.25, 0.3) is 0 Å². The van der Waals surface area contributed by atoms with Crippen LogP contribution in [-0.2, 0) is 12.8 Å². The Kier molecular flexibility index (Phi) is 5.57. The standard InChI is InChI=1S/C15H19BrN2OS/c1-10(17)7-12-3-4-14(13(16)8-12)19-6-5-15-11(2)18-9-20-15/h3-4,8-10H,5-7,17H2,1-2H3. The average molecular weight is 355 g/mol. The molecule has 0 fully saturated rings. The predicted octanol–water partition coefficient (Wildman–Crippen LogP) is 3.73. The van der Waals surface area contributed by atoms with E-state index in [2.05, 4.69) is 33.0 Å². The molecule has 1 atom stereocenters. The number of rotatable bonds is 6. The molecule has 1 heterocycles. The molecule has 0 aliphatic heterocycles. The number of hydrogen-bond donors (Lipinski definition) is 1. The van der Waals surface area contributed by atoms with Crippen LogP contribution in [0.1, 0.15) is 23.1 Å². The van der Waals surface area contributed by atoms with E-state index in [1.54, 1.807) is 11.3 Å². The molecule has 0 spiro atoms. The first-order valence-electron chi connectivity index (χ1n) is 6.62. The molecule has 0 aliphatic rings. The van der Waals surface area contributed by atoms with Gasteiger partial charge >= 0.3 is 0 Å². The summed E-state index contributed by atoms with van der Waals surface area (Å²) >= 11 is 5.24. The Hall–Kier alpha value is -0.910. The quantitative estimate of drug-likeness (QED) is 0.859. The first-order valence-corrected chi connectivity index (χ1v) is 8.29. The van der Waals surface area contributed by atoms with Crippen LogP contribution in [0.15, 0.2) is 28.2 Å². The largest absolute Gasteiger partial charge is 0.492 e. The van der Waals surface area contributed by atoms with E-state index in [1.165, 1.54) is 10.4 Å². The number of aryl methyl sites for hydroxylation is 1. The Balaban J connectivity index is 1.91. The minimum absolute atomic E-state index is 0.169. The number of nitrogens with two attached hydrogens (primary N) is 1. The lowest BCUT2D eigenvalue weighted by Gasteiger charge is -2.10. The topological polar surface area (TPSA) is 48.1 Å². The molecular weight excluding hydrogens is 336 g/mol. The van der Waals surface area contributed by atoms with Crippen LogP contribution in [-0.4, -0.2) is 17.6 Å². The van der Waals surface area contributed by atoms with Gasteiger partial charge in [0.2, 0.25) is 0 Å². The molecule has 3 nitrogen and oxygen atoms in total. The number of nitrogens with zero attached hydrogens (tertiary/aromatic N) is 1. The van der Waals surface area contributed by atoms with Gasteiger partial charge in [0.1, 0.15) is 5.75 Å². The monoisotopic (exact) mass is 354 g/mol. The number of thiazole rings is 1. The maximum Gasteiger partial charge on any atom is 0.133 e. The van der Waals surface area contributed by atoms with Crippen LogP contribution >= 0.6 is 27.3 Å². The summed E-state index contributed by atoms with van der Waals surface area (Å²) in [4.78, 5) is 5.53. The SMILES string of the molecule is Cc1ncsc1CCOc1ccc(CC(C)N)cc1Br. The van der Waals surface area contributed by atoms with Crippen molar-refractivity contribution in [2.75, 3.05) is 6.61 Å². The van der Waals surface area contributed by atoms with Crippen molar-refractivity contribution in [1.82, 2.24) is 4.98 Å². The molecule has 0 aliphatic carbocycles. The number of ether oxygens (including phenoxy) is 1. The third-order valence-electron chi connectivity index (χ3n) is 2.99.